The Hall–Kier alpha value is -1.32. The number of likely N-dealkylation sites (tertiary alicyclic amines) is 1. The van der Waals surface area contributed by atoms with Gasteiger partial charge in [0.2, 0.25) is 0 Å². The average molecular weight is 299 g/mol. The minimum absolute atomic E-state index is 0.489. The van der Waals surface area contributed by atoms with Crippen LogP contribution in [0.3, 0.4) is 0 Å². The molecule has 3 nitrogen and oxygen atoms in total. The van der Waals surface area contributed by atoms with Gasteiger partial charge in [0.15, 0.2) is 0 Å². The van der Waals surface area contributed by atoms with Gasteiger partial charge in [-0.25, -0.2) is 0 Å². The van der Waals surface area contributed by atoms with Crippen LogP contribution in [-0.2, 0) is 13.1 Å². The Morgan fingerprint density at radius 2 is 1.77 bits per heavy atom. The Labute approximate surface area is 134 Å². The lowest BCUT2D eigenvalue weighted by molar-refractivity contribution is 0.268. The molecule has 1 aromatic carbocycles. The van der Waals surface area contributed by atoms with Crippen LogP contribution in [0.1, 0.15) is 56.8 Å². The van der Waals surface area contributed by atoms with E-state index in [9.17, 15) is 0 Å². The zero-order valence-electron chi connectivity index (χ0n) is 14.0. The summed E-state index contributed by atoms with van der Waals surface area (Å²) < 4.78 is 2.50. The van der Waals surface area contributed by atoms with E-state index in [0.717, 1.165) is 6.54 Å². The lowest BCUT2D eigenvalue weighted by Gasteiger charge is -2.22. The number of aromatic nitrogens is 1. The quantitative estimate of drug-likeness (QED) is 0.924. The van der Waals surface area contributed by atoms with E-state index < -0.39 is 0 Å². The SMILES string of the molecule is CC(C)n1c(CN2CCCCCC2)cc2cc(CN)ccc21. The summed E-state index contributed by atoms with van der Waals surface area (Å²) in [5.74, 6) is 0. The van der Waals surface area contributed by atoms with Gasteiger partial charge in [0.1, 0.15) is 0 Å². The van der Waals surface area contributed by atoms with E-state index in [1.165, 1.54) is 60.9 Å². The fraction of sp³-hybridized carbons (Fsp3) is 0.579. The van der Waals surface area contributed by atoms with Crippen molar-refractivity contribution >= 4 is 10.9 Å². The molecule has 2 heterocycles. The summed E-state index contributed by atoms with van der Waals surface area (Å²) in [4.78, 5) is 2.63. The zero-order valence-corrected chi connectivity index (χ0v) is 14.0. The second kappa shape index (κ2) is 6.84. The van der Waals surface area contributed by atoms with Crippen LogP contribution < -0.4 is 5.73 Å². The van der Waals surface area contributed by atoms with Gasteiger partial charge in [-0.05, 0) is 63.5 Å². The van der Waals surface area contributed by atoms with E-state index in [1.54, 1.807) is 0 Å². The van der Waals surface area contributed by atoms with Gasteiger partial charge in [-0.15, -0.1) is 0 Å². The number of benzene rings is 1. The zero-order chi connectivity index (χ0) is 15.5. The Bertz CT molecular complexity index is 619. The molecule has 1 saturated heterocycles. The molecule has 0 aliphatic carbocycles. The number of hydrogen-bond acceptors (Lipinski definition) is 2. The largest absolute Gasteiger partial charge is 0.341 e. The third-order valence-corrected chi connectivity index (χ3v) is 4.82. The molecule has 22 heavy (non-hydrogen) atoms. The second-order valence-electron chi connectivity index (χ2n) is 6.89. The second-order valence-corrected chi connectivity index (χ2v) is 6.89. The number of rotatable bonds is 4. The number of hydrogen-bond donors (Lipinski definition) is 1. The van der Waals surface area contributed by atoms with Crippen LogP contribution >= 0.6 is 0 Å². The van der Waals surface area contributed by atoms with Crippen LogP contribution in [0.5, 0.6) is 0 Å². The van der Waals surface area contributed by atoms with Gasteiger partial charge in [0.05, 0.1) is 0 Å². The molecule has 1 aromatic heterocycles. The lowest BCUT2D eigenvalue weighted by atomic mass is 10.1. The van der Waals surface area contributed by atoms with Crippen molar-refractivity contribution in [3.05, 3.63) is 35.5 Å². The molecule has 0 saturated carbocycles. The molecule has 2 aromatic rings. The van der Waals surface area contributed by atoms with Crippen LogP contribution in [0.4, 0.5) is 0 Å². The van der Waals surface area contributed by atoms with Gasteiger partial charge in [-0.1, -0.05) is 18.9 Å². The molecule has 0 atom stereocenters. The van der Waals surface area contributed by atoms with Gasteiger partial charge < -0.3 is 10.3 Å². The predicted octanol–water partition coefficient (Wildman–Crippen LogP) is 4.06. The van der Waals surface area contributed by atoms with Crippen LogP contribution in [0.2, 0.25) is 0 Å². The summed E-state index contributed by atoms with van der Waals surface area (Å²) in [6.45, 7) is 8.74. The number of nitrogens with two attached hydrogens (primary N) is 1. The van der Waals surface area contributed by atoms with Crippen LogP contribution in [-0.4, -0.2) is 22.6 Å². The highest BCUT2D eigenvalue weighted by molar-refractivity contribution is 5.82. The summed E-state index contributed by atoms with van der Waals surface area (Å²) in [6, 6.07) is 9.52. The van der Waals surface area contributed by atoms with Crippen LogP contribution in [0.15, 0.2) is 24.3 Å². The highest BCUT2D eigenvalue weighted by Gasteiger charge is 2.16. The van der Waals surface area contributed by atoms with E-state index >= 15 is 0 Å². The Kier molecular flexibility index (Phi) is 4.84. The maximum atomic E-state index is 5.80. The van der Waals surface area contributed by atoms with Crippen molar-refractivity contribution < 1.29 is 0 Å². The van der Waals surface area contributed by atoms with Crippen molar-refractivity contribution in [3.8, 4) is 0 Å². The highest BCUT2D eigenvalue weighted by Crippen LogP contribution is 2.26. The molecule has 120 valence electrons. The minimum atomic E-state index is 0.489. The van der Waals surface area contributed by atoms with Gasteiger partial charge in [0, 0.05) is 35.7 Å². The molecule has 3 rings (SSSR count). The molecule has 2 N–H and O–H groups in total. The van der Waals surface area contributed by atoms with Crippen molar-refractivity contribution in [3.63, 3.8) is 0 Å². The van der Waals surface area contributed by atoms with E-state index in [0.29, 0.717) is 12.6 Å². The maximum absolute atomic E-state index is 5.80. The standard InChI is InChI=1S/C19H29N3/c1-15(2)22-18(14-21-9-5-3-4-6-10-21)12-17-11-16(13-20)7-8-19(17)22/h7-8,11-12,15H,3-6,9-10,13-14,20H2,1-2H3. The predicted molar refractivity (Wildman–Crippen MR) is 94.0 cm³/mol. The van der Waals surface area contributed by atoms with Crippen molar-refractivity contribution in [1.82, 2.24) is 9.47 Å². The Morgan fingerprint density at radius 1 is 1.05 bits per heavy atom. The normalized spacial score (nSPS) is 17.3. The summed E-state index contributed by atoms with van der Waals surface area (Å²) in [7, 11) is 0. The van der Waals surface area contributed by atoms with Gasteiger partial charge >= 0.3 is 0 Å². The van der Waals surface area contributed by atoms with Gasteiger partial charge in [0.25, 0.3) is 0 Å². The lowest BCUT2D eigenvalue weighted by Crippen LogP contribution is -2.25. The van der Waals surface area contributed by atoms with Crippen LogP contribution in [0.25, 0.3) is 10.9 Å². The molecular weight excluding hydrogens is 270 g/mol. The van der Waals surface area contributed by atoms with Crippen LogP contribution in [0, 0.1) is 0 Å². The third-order valence-electron chi connectivity index (χ3n) is 4.82. The molecule has 0 unspecified atom stereocenters. The first-order valence-corrected chi connectivity index (χ1v) is 8.74. The summed E-state index contributed by atoms with van der Waals surface area (Å²) in [6.07, 6.45) is 5.48. The number of nitrogens with zero attached hydrogens (tertiary/aromatic N) is 2. The van der Waals surface area contributed by atoms with Crippen molar-refractivity contribution in [2.45, 2.75) is 58.7 Å². The summed E-state index contributed by atoms with van der Waals surface area (Å²) in [5, 5.41) is 1.33. The highest BCUT2D eigenvalue weighted by atomic mass is 15.1. The molecular formula is C19H29N3. The first-order chi connectivity index (χ1) is 10.7. The van der Waals surface area contributed by atoms with Crippen molar-refractivity contribution in [1.29, 1.82) is 0 Å². The van der Waals surface area contributed by atoms with E-state index in [-0.39, 0.29) is 0 Å². The van der Waals surface area contributed by atoms with E-state index in [2.05, 4.69) is 47.6 Å². The van der Waals surface area contributed by atoms with E-state index in [4.69, 9.17) is 5.73 Å². The first kappa shape index (κ1) is 15.6. The summed E-state index contributed by atoms with van der Waals surface area (Å²) in [5.41, 5.74) is 9.80. The fourth-order valence-corrected chi connectivity index (χ4v) is 3.72. The molecule has 0 bridgehead atoms. The molecule has 0 radical (unpaired) electrons. The molecule has 1 aliphatic heterocycles. The maximum Gasteiger partial charge on any atom is 0.0485 e. The number of fused-ring (bicyclic) bond motifs is 1. The average Bonchev–Trinajstić information content (AvgIpc) is 2.67. The third kappa shape index (κ3) is 3.21. The van der Waals surface area contributed by atoms with Gasteiger partial charge in [-0.3, -0.25) is 4.90 Å². The Morgan fingerprint density at radius 3 is 2.41 bits per heavy atom. The van der Waals surface area contributed by atoms with Crippen molar-refractivity contribution in [2.75, 3.05) is 13.1 Å². The molecule has 3 heteroatoms. The first-order valence-electron chi connectivity index (χ1n) is 8.74. The van der Waals surface area contributed by atoms with Crippen molar-refractivity contribution in [2.24, 2.45) is 5.73 Å². The topological polar surface area (TPSA) is 34.2 Å². The summed E-state index contributed by atoms with van der Waals surface area (Å²) >= 11 is 0. The fourth-order valence-electron chi connectivity index (χ4n) is 3.72. The smallest absolute Gasteiger partial charge is 0.0485 e. The molecule has 0 spiro atoms. The van der Waals surface area contributed by atoms with Gasteiger partial charge in [-0.2, -0.15) is 0 Å². The monoisotopic (exact) mass is 299 g/mol. The molecule has 1 fully saturated rings. The minimum Gasteiger partial charge on any atom is -0.341 e. The Balaban J connectivity index is 1.94. The van der Waals surface area contributed by atoms with E-state index in [1.807, 2.05) is 0 Å². The molecule has 0 amide bonds. The molecule has 1 aliphatic rings.